The van der Waals surface area contributed by atoms with Crippen molar-refractivity contribution in [2.24, 2.45) is 5.92 Å². The van der Waals surface area contributed by atoms with Crippen LogP contribution >= 0.6 is 11.6 Å². The maximum absolute atomic E-state index is 11.8. The summed E-state index contributed by atoms with van der Waals surface area (Å²) in [6.45, 7) is 6.05. The maximum Gasteiger partial charge on any atom is 0.317 e. The average Bonchev–Trinajstić information content (AvgIpc) is 2.43. The average molecular weight is 313 g/mol. The van der Waals surface area contributed by atoms with Crippen LogP contribution in [0.2, 0.25) is 5.02 Å². The fourth-order valence-electron chi connectivity index (χ4n) is 1.80. The van der Waals surface area contributed by atoms with E-state index in [1.54, 1.807) is 24.1 Å². The second-order valence-electron chi connectivity index (χ2n) is 5.50. The van der Waals surface area contributed by atoms with E-state index in [0.29, 0.717) is 29.8 Å². The van der Waals surface area contributed by atoms with E-state index < -0.39 is 0 Å². The van der Waals surface area contributed by atoms with Crippen LogP contribution in [-0.2, 0) is 0 Å². The quantitative estimate of drug-likeness (QED) is 0.742. The van der Waals surface area contributed by atoms with Gasteiger partial charge in [0.2, 0.25) is 0 Å². The van der Waals surface area contributed by atoms with Crippen LogP contribution in [0, 0.1) is 5.92 Å². The van der Waals surface area contributed by atoms with E-state index in [-0.39, 0.29) is 6.03 Å². The minimum atomic E-state index is -0.0616. The summed E-state index contributed by atoms with van der Waals surface area (Å²) in [6, 6.07) is 7.17. The molecule has 1 aromatic rings. The Morgan fingerprint density at radius 3 is 2.86 bits per heavy atom. The van der Waals surface area contributed by atoms with Gasteiger partial charge in [-0.3, -0.25) is 0 Å². The molecule has 0 heterocycles. The predicted octanol–water partition coefficient (Wildman–Crippen LogP) is 3.80. The zero-order chi connectivity index (χ0) is 15.7. The number of halogens is 1. The molecule has 1 aromatic carbocycles. The van der Waals surface area contributed by atoms with Crippen LogP contribution < -0.4 is 10.1 Å². The second-order valence-corrected chi connectivity index (χ2v) is 5.93. The highest BCUT2D eigenvalue weighted by Crippen LogP contribution is 2.16. The summed E-state index contributed by atoms with van der Waals surface area (Å²) < 4.78 is 5.56. The van der Waals surface area contributed by atoms with Gasteiger partial charge in [-0.2, -0.15) is 0 Å². The molecule has 0 atom stereocenters. The van der Waals surface area contributed by atoms with Crippen molar-refractivity contribution in [3.8, 4) is 5.75 Å². The van der Waals surface area contributed by atoms with Crippen LogP contribution in [-0.4, -0.2) is 37.7 Å². The molecule has 0 radical (unpaired) electrons. The van der Waals surface area contributed by atoms with Crippen molar-refractivity contribution in [3.05, 3.63) is 29.3 Å². The third-order valence-electron chi connectivity index (χ3n) is 3.07. The van der Waals surface area contributed by atoms with Gasteiger partial charge < -0.3 is 15.0 Å². The fourth-order valence-corrected chi connectivity index (χ4v) is 1.98. The third kappa shape index (κ3) is 7.81. The van der Waals surface area contributed by atoms with Gasteiger partial charge in [0.1, 0.15) is 12.4 Å². The summed E-state index contributed by atoms with van der Waals surface area (Å²) in [6.07, 6.45) is 2.14. The van der Waals surface area contributed by atoms with Gasteiger partial charge in [0.25, 0.3) is 0 Å². The van der Waals surface area contributed by atoms with E-state index in [9.17, 15) is 4.79 Å². The van der Waals surface area contributed by atoms with Crippen LogP contribution in [0.4, 0.5) is 4.79 Å². The Balaban J connectivity index is 2.17. The molecular formula is C16H25ClN2O2. The number of carbonyl (C=O) groups is 1. The number of benzene rings is 1. The lowest BCUT2D eigenvalue weighted by Crippen LogP contribution is -2.39. The number of likely N-dealkylation sites (N-methyl/N-ethyl adjacent to an activating group) is 1. The molecular weight excluding hydrogens is 288 g/mol. The minimum Gasteiger partial charge on any atom is -0.492 e. The van der Waals surface area contributed by atoms with Crippen molar-refractivity contribution >= 4 is 17.6 Å². The standard InChI is InChI=1S/C16H25ClN2O2/c1-13(2)6-5-9-18-16(20)19(3)10-11-21-15-8-4-7-14(17)12-15/h4,7-8,12-13H,5-6,9-11H2,1-3H3,(H,18,20). The highest BCUT2D eigenvalue weighted by molar-refractivity contribution is 6.30. The number of nitrogens with one attached hydrogen (secondary N) is 1. The number of amides is 2. The monoisotopic (exact) mass is 312 g/mol. The lowest BCUT2D eigenvalue weighted by Gasteiger charge is -2.18. The molecule has 0 bridgehead atoms. The van der Waals surface area contributed by atoms with Gasteiger partial charge in [0, 0.05) is 18.6 Å². The number of nitrogens with zero attached hydrogens (tertiary/aromatic N) is 1. The van der Waals surface area contributed by atoms with Gasteiger partial charge in [-0.1, -0.05) is 31.5 Å². The summed E-state index contributed by atoms with van der Waals surface area (Å²) in [5.41, 5.74) is 0. The number of ether oxygens (including phenoxy) is 1. The smallest absolute Gasteiger partial charge is 0.317 e. The van der Waals surface area contributed by atoms with Crippen molar-refractivity contribution in [1.82, 2.24) is 10.2 Å². The molecule has 0 unspecified atom stereocenters. The van der Waals surface area contributed by atoms with Crippen molar-refractivity contribution in [2.75, 3.05) is 26.7 Å². The topological polar surface area (TPSA) is 41.6 Å². The minimum absolute atomic E-state index is 0.0616. The molecule has 0 saturated carbocycles. The van der Waals surface area contributed by atoms with Crippen molar-refractivity contribution < 1.29 is 9.53 Å². The third-order valence-corrected chi connectivity index (χ3v) is 3.31. The molecule has 0 saturated heterocycles. The van der Waals surface area contributed by atoms with Gasteiger partial charge in [0.05, 0.1) is 6.54 Å². The highest BCUT2D eigenvalue weighted by Gasteiger charge is 2.07. The number of urea groups is 1. The molecule has 4 nitrogen and oxygen atoms in total. The summed E-state index contributed by atoms with van der Waals surface area (Å²) >= 11 is 5.88. The first-order valence-electron chi connectivity index (χ1n) is 7.36. The summed E-state index contributed by atoms with van der Waals surface area (Å²) in [5.74, 6) is 1.39. The first kappa shape index (κ1) is 17.6. The van der Waals surface area contributed by atoms with Crippen LogP contribution in [0.3, 0.4) is 0 Å². The molecule has 0 spiro atoms. The van der Waals surface area contributed by atoms with Gasteiger partial charge in [-0.05, 0) is 37.0 Å². The molecule has 5 heteroatoms. The van der Waals surface area contributed by atoms with E-state index in [0.717, 1.165) is 19.4 Å². The predicted molar refractivity (Wildman–Crippen MR) is 87.0 cm³/mol. The van der Waals surface area contributed by atoms with E-state index >= 15 is 0 Å². The molecule has 21 heavy (non-hydrogen) atoms. The van der Waals surface area contributed by atoms with Gasteiger partial charge >= 0.3 is 6.03 Å². The molecule has 0 aliphatic rings. The Bertz CT molecular complexity index is 438. The van der Waals surface area contributed by atoms with Crippen molar-refractivity contribution in [2.45, 2.75) is 26.7 Å². The zero-order valence-electron chi connectivity index (χ0n) is 13.1. The lowest BCUT2D eigenvalue weighted by molar-refractivity contribution is 0.195. The molecule has 1 N–H and O–H groups in total. The van der Waals surface area contributed by atoms with E-state index in [1.807, 2.05) is 12.1 Å². The Kier molecular flexibility index (Phi) is 7.98. The Morgan fingerprint density at radius 2 is 2.19 bits per heavy atom. The van der Waals surface area contributed by atoms with Gasteiger partial charge in [-0.25, -0.2) is 4.79 Å². The zero-order valence-corrected chi connectivity index (χ0v) is 13.8. The SMILES string of the molecule is CC(C)CCCNC(=O)N(C)CCOc1cccc(Cl)c1. The molecule has 0 aromatic heterocycles. The molecule has 0 aliphatic heterocycles. The van der Waals surface area contributed by atoms with E-state index in [1.165, 1.54) is 0 Å². The largest absolute Gasteiger partial charge is 0.492 e. The van der Waals surface area contributed by atoms with Crippen LogP contribution in [0.5, 0.6) is 5.75 Å². The molecule has 0 aliphatic carbocycles. The Hall–Kier alpha value is -1.42. The second kappa shape index (κ2) is 9.50. The molecule has 118 valence electrons. The van der Waals surface area contributed by atoms with Crippen molar-refractivity contribution in [1.29, 1.82) is 0 Å². The highest BCUT2D eigenvalue weighted by atomic mass is 35.5. The lowest BCUT2D eigenvalue weighted by atomic mass is 10.1. The van der Waals surface area contributed by atoms with Gasteiger partial charge in [-0.15, -0.1) is 0 Å². The summed E-state index contributed by atoms with van der Waals surface area (Å²) in [4.78, 5) is 13.4. The maximum atomic E-state index is 11.8. The summed E-state index contributed by atoms with van der Waals surface area (Å²) in [5, 5.41) is 3.55. The van der Waals surface area contributed by atoms with E-state index in [2.05, 4.69) is 19.2 Å². The number of hydrogen-bond donors (Lipinski definition) is 1. The molecule has 2 amide bonds. The molecule has 0 fully saturated rings. The van der Waals surface area contributed by atoms with E-state index in [4.69, 9.17) is 16.3 Å². The normalized spacial score (nSPS) is 10.5. The Morgan fingerprint density at radius 1 is 1.43 bits per heavy atom. The first-order chi connectivity index (χ1) is 9.99. The van der Waals surface area contributed by atoms with Crippen LogP contribution in [0.25, 0.3) is 0 Å². The first-order valence-corrected chi connectivity index (χ1v) is 7.74. The summed E-state index contributed by atoms with van der Waals surface area (Å²) in [7, 11) is 1.76. The number of carbonyl (C=O) groups excluding carboxylic acids is 1. The fraction of sp³-hybridized carbons (Fsp3) is 0.562. The molecule has 1 rings (SSSR count). The van der Waals surface area contributed by atoms with Crippen molar-refractivity contribution in [3.63, 3.8) is 0 Å². The van der Waals surface area contributed by atoms with Crippen LogP contribution in [0.1, 0.15) is 26.7 Å². The number of hydrogen-bond acceptors (Lipinski definition) is 2. The van der Waals surface area contributed by atoms with Gasteiger partial charge in [0.15, 0.2) is 0 Å². The number of rotatable bonds is 8. The van der Waals surface area contributed by atoms with Crippen LogP contribution in [0.15, 0.2) is 24.3 Å². The Labute approximate surface area is 132 Å².